The number of ether oxygens (including phenoxy) is 2. The fourth-order valence-corrected chi connectivity index (χ4v) is 2.95. The van der Waals surface area contributed by atoms with Crippen LogP contribution in [0.15, 0.2) is 41.0 Å². The molecule has 1 atom stereocenters. The third-order valence-electron chi connectivity index (χ3n) is 4.12. The van der Waals surface area contributed by atoms with Gasteiger partial charge >= 0.3 is 0 Å². The summed E-state index contributed by atoms with van der Waals surface area (Å²) in [5.41, 5.74) is 2.64. The summed E-state index contributed by atoms with van der Waals surface area (Å²) in [5.74, 6) is 0.757. The van der Waals surface area contributed by atoms with Crippen molar-refractivity contribution in [1.29, 1.82) is 0 Å². The van der Waals surface area contributed by atoms with Crippen molar-refractivity contribution in [3.63, 3.8) is 0 Å². The lowest BCUT2D eigenvalue weighted by Gasteiger charge is -2.28. The number of furan rings is 1. The minimum Gasteiger partial charge on any atom is -0.508 e. The quantitative estimate of drug-likeness (QED) is 0.756. The molecule has 122 valence electrons. The van der Waals surface area contributed by atoms with Crippen molar-refractivity contribution in [2.24, 2.45) is 0 Å². The molecule has 0 fully saturated rings. The molecule has 1 aliphatic heterocycles. The highest BCUT2D eigenvalue weighted by molar-refractivity contribution is 6.04. The first-order chi connectivity index (χ1) is 11.6. The van der Waals surface area contributed by atoms with Gasteiger partial charge in [0.1, 0.15) is 22.8 Å². The van der Waals surface area contributed by atoms with Gasteiger partial charge in [-0.15, -0.1) is 0 Å². The molecule has 6 heteroatoms. The number of aryl methyl sites for hydroxylation is 1. The van der Waals surface area contributed by atoms with Gasteiger partial charge in [0.2, 0.25) is 6.23 Å². The number of fused-ring (bicyclic) bond motifs is 3. The average molecular weight is 325 g/mol. The van der Waals surface area contributed by atoms with Crippen LogP contribution in [-0.4, -0.2) is 18.1 Å². The Labute approximate surface area is 137 Å². The molecule has 0 saturated heterocycles. The molecule has 2 heterocycles. The maximum absolute atomic E-state index is 12.5. The minimum absolute atomic E-state index is 0.0752. The zero-order valence-corrected chi connectivity index (χ0v) is 13.1. The fourth-order valence-electron chi connectivity index (χ4n) is 2.95. The maximum atomic E-state index is 12.5. The summed E-state index contributed by atoms with van der Waals surface area (Å²) in [6.07, 6.45) is 0.914. The Morgan fingerprint density at radius 3 is 2.88 bits per heavy atom. The zero-order chi connectivity index (χ0) is 16.8. The number of carbonyl (C=O) groups is 1. The van der Waals surface area contributed by atoms with Crippen LogP contribution in [0.4, 0.5) is 0 Å². The second-order valence-corrected chi connectivity index (χ2v) is 5.63. The Morgan fingerprint density at radius 2 is 2.08 bits per heavy atom. The highest BCUT2D eigenvalue weighted by Gasteiger charge is 2.31. The Balaban J connectivity index is 1.85. The third kappa shape index (κ3) is 2.07. The van der Waals surface area contributed by atoms with Crippen molar-refractivity contribution in [2.45, 2.75) is 13.2 Å². The Hall–Kier alpha value is -3.15. The number of amides is 1. The number of methoxy groups -OCH3 is 1. The van der Waals surface area contributed by atoms with E-state index in [0.717, 1.165) is 10.9 Å². The van der Waals surface area contributed by atoms with Crippen molar-refractivity contribution in [3.8, 4) is 17.2 Å². The summed E-state index contributed by atoms with van der Waals surface area (Å²) in [7, 11) is 1.50. The van der Waals surface area contributed by atoms with Gasteiger partial charge in [-0.1, -0.05) is 0 Å². The lowest BCUT2D eigenvalue weighted by atomic mass is 10.0. The van der Waals surface area contributed by atoms with E-state index in [0.29, 0.717) is 28.2 Å². The van der Waals surface area contributed by atoms with Gasteiger partial charge in [-0.2, -0.15) is 0 Å². The van der Waals surface area contributed by atoms with Crippen molar-refractivity contribution < 1.29 is 23.8 Å². The van der Waals surface area contributed by atoms with Crippen LogP contribution in [0, 0.1) is 6.92 Å². The van der Waals surface area contributed by atoms with E-state index in [2.05, 4.69) is 5.32 Å². The summed E-state index contributed by atoms with van der Waals surface area (Å²) < 4.78 is 16.8. The van der Waals surface area contributed by atoms with Crippen LogP contribution >= 0.6 is 0 Å². The maximum Gasteiger partial charge on any atom is 0.258 e. The molecule has 1 aliphatic rings. The van der Waals surface area contributed by atoms with E-state index >= 15 is 0 Å². The first-order valence-electron chi connectivity index (χ1n) is 7.43. The van der Waals surface area contributed by atoms with Gasteiger partial charge in [0, 0.05) is 6.07 Å². The Kier molecular flexibility index (Phi) is 3.13. The number of phenolic OH excluding ortho intramolecular Hbond substituents is 1. The minimum atomic E-state index is -0.722. The van der Waals surface area contributed by atoms with Gasteiger partial charge < -0.3 is 24.3 Å². The monoisotopic (exact) mass is 325 g/mol. The topological polar surface area (TPSA) is 80.9 Å². The molecule has 0 spiro atoms. The number of hydrogen-bond acceptors (Lipinski definition) is 5. The van der Waals surface area contributed by atoms with Crippen molar-refractivity contribution in [3.05, 3.63) is 53.3 Å². The number of phenols is 1. The van der Waals surface area contributed by atoms with Crippen molar-refractivity contribution in [2.75, 3.05) is 7.11 Å². The van der Waals surface area contributed by atoms with E-state index in [-0.39, 0.29) is 11.7 Å². The molecule has 1 amide bonds. The lowest BCUT2D eigenvalue weighted by Crippen LogP contribution is -2.37. The molecule has 0 aliphatic carbocycles. The fraction of sp³-hybridized carbons (Fsp3) is 0.167. The van der Waals surface area contributed by atoms with E-state index in [1.54, 1.807) is 24.5 Å². The molecular formula is C18H15NO5. The van der Waals surface area contributed by atoms with Crippen LogP contribution < -0.4 is 14.8 Å². The number of aromatic hydroxyl groups is 1. The normalized spacial score (nSPS) is 16.4. The number of hydrogen-bond donors (Lipinski definition) is 2. The first kappa shape index (κ1) is 14.4. The van der Waals surface area contributed by atoms with Gasteiger partial charge in [0.05, 0.1) is 29.9 Å². The van der Waals surface area contributed by atoms with E-state index in [9.17, 15) is 9.90 Å². The first-order valence-corrected chi connectivity index (χ1v) is 7.43. The summed E-state index contributed by atoms with van der Waals surface area (Å²) >= 11 is 0. The van der Waals surface area contributed by atoms with Crippen molar-refractivity contribution in [1.82, 2.24) is 5.32 Å². The standard InChI is InChI=1S/C18H15NO5/c1-9-8-23-13-6-5-12-16(15(9)13)24-18(19-17(12)21)11-4-3-10(20)7-14(11)22-2/h3-8,18,20H,1-2H3,(H,19,21). The largest absolute Gasteiger partial charge is 0.508 e. The predicted molar refractivity (Wildman–Crippen MR) is 86.4 cm³/mol. The molecule has 1 unspecified atom stereocenters. The van der Waals surface area contributed by atoms with Crippen LogP contribution in [0.25, 0.3) is 11.0 Å². The molecule has 2 N–H and O–H groups in total. The third-order valence-corrected chi connectivity index (χ3v) is 4.12. The van der Waals surface area contributed by atoms with Gasteiger partial charge in [-0.25, -0.2) is 0 Å². The second kappa shape index (κ2) is 5.19. The number of rotatable bonds is 2. The van der Waals surface area contributed by atoms with Crippen LogP contribution in [0.1, 0.15) is 27.7 Å². The molecule has 4 rings (SSSR count). The van der Waals surface area contributed by atoms with Crippen LogP contribution in [-0.2, 0) is 0 Å². The molecule has 2 aromatic carbocycles. The second-order valence-electron chi connectivity index (χ2n) is 5.63. The predicted octanol–water partition coefficient (Wildman–Crippen LogP) is 3.28. The number of carbonyl (C=O) groups excluding carboxylic acids is 1. The van der Waals surface area contributed by atoms with Gasteiger partial charge in [-0.3, -0.25) is 4.79 Å². The molecule has 24 heavy (non-hydrogen) atoms. The molecule has 0 bridgehead atoms. The summed E-state index contributed by atoms with van der Waals surface area (Å²) in [5, 5.41) is 13.2. The Bertz CT molecular complexity index is 959. The highest BCUT2D eigenvalue weighted by atomic mass is 16.5. The van der Waals surface area contributed by atoms with E-state index in [1.807, 2.05) is 6.92 Å². The number of nitrogens with one attached hydrogen (secondary N) is 1. The number of benzene rings is 2. The highest BCUT2D eigenvalue weighted by Crippen LogP contribution is 2.40. The van der Waals surface area contributed by atoms with Crippen molar-refractivity contribution >= 4 is 16.9 Å². The summed E-state index contributed by atoms with van der Waals surface area (Å²) in [4.78, 5) is 12.5. The molecule has 1 aromatic heterocycles. The van der Waals surface area contributed by atoms with Crippen LogP contribution in [0.3, 0.4) is 0 Å². The average Bonchev–Trinajstić information content (AvgIpc) is 2.96. The molecule has 3 aromatic rings. The summed E-state index contributed by atoms with van der Waals surface area (Å²) in [6, 6.07) is 8.09. The van der Waals surface area contributed by atoms with E-state index in [4.69, 9.17) is 13.9 Å². The smallest absolute Gasteiger partial charge is 0.258 e. The molecule has 6 nitrogen and oxygen atoms in total. The zero-order valence-electron chi connectivity index (χ0n) is 13.1. The lowest BCUT2D eigenvalue weighted by molar-refractivity contribution is 0.0756. The van der Waals surface area contributed by atoms with Crippen LogP contribution in [0.5, 0.6) is 17.2 Å². The SMILES string of the molecule is COc1cc(O)ccc1C1NC(=O)c2ccc3occ(C)c3c2O1. The van der Waals surface area contributed by atoms with Gasteiger partial charge in [0.25, 0.3) is 5.91 Å². The van der Waals surface area contributed by atoms with E-state index < -0.39 is 6.23 Å². The molecule has 0 radical (unpaired) electrons. The van der Waals surface area contributed by atoms with Crippen LogP contribution in [0.2, 0.25) is 0 Å². The van der Waals surface area contributed by atoms with Gasteiger partial charge in [0.15, 0.2) is 0 Å². The van der Waals surface area contributed by atoms with E-state index in [1.165, 1.54) is 19.2 Å². The molecular weight excluding hydrogens is 310 g/mol. The molecule has 0 saturated carbocycles. The Morgan fingerprint density at radius 1 is 1.25 bits per heavy atom. The summed E-state index contributed by atoms with van der Waals surface area (Å²) in [6.45, 7) is 1.90. The van der Waals surface area contributed by atoms with Gasteiger partial charge in [-0.05, 0) is 36.8 Å².